The Morgan fingerprint density at radius 1 is 1.22 bits per heavy atom. The molecule has 0 unspecified atom stereocenters. The van der Waals surface area contributed by atoms with Gasteiger partial charge in [0.05, 0.1) is 5.69 Å². The summed E-state index contributed by atoms with van der Waals surface area (Å²) in [6.45, 7) is 6.26. The Balaban J connectivity index is 2.65. The Hall–Kier alpha value is -0.870. The van der Waals surface area contributed by atoms with Gasteiger partial charge in [0.15, 0.2) is 0 Å². The third-order valence-electron chi connectivity index (χ3n) is 2.84. The van der Waals surface area contributed by atoms with Crippen LogP contribution in [0.25, 0.3) is 5.69 Å². The number of nitrogens with zero attached hydrogens (tertiary/aromatic N) is 3. The van der Waals surface area contributed by atoms with Crippen molar-refractivity contribution in [2.24, 2.45) is 0 Å². The van der Waals surface area contributed by atoms with Crippen LogP contribution in [0.4, 0.5) is 0 Å². The number of aryl methyl sites for hydroxylation is 3. The molecular weight excluding hydrogens is 314 g/mol. The van der Waals surface area contributed by atoms with E-state index in [0.29, 0.717) is 5.28 Å². The van der Waals surface area contributed by atoms with Crippen LogP contribution in [0.5, 0.6) is 0 Å². The van der Waals surface area contributed by atoms with Crippen molar-refractivity contribution < 1.29 is 0 Å². The topological polar surface area (TPSA) is 30.7 Å². The standard InChI is InChI=1S/C13H15BrClN3/c1-4-5-11-16-17-13(15)18(11)12-8(2)6-10(14)7-9(12)3/h6-7H,4-5H2,1-3H3. The summed E-state index contributed by atoms with van der Waals surface area (Å²) in [7, 11) is 0. The van der Waals surface area contributed by atoms with E-state index in [9.17, 15) is 0 Å². The Morgan fingerprint density at radius 2 is 1.83 bits per heavy atom. The molecular formula is C13H15BrClN3. The first-order valence-electron chi connectivity index (χ1n) is 5.91. The summed E-state index contributed by atoms with van der Waals surface area (Å²) in [5.74, 6) is 0.913. The number of hydrogen-bond donors (Lipinski definition) is 0. The van der Waals surface area contributed by atoms with Gasteiger partial charge in [-0.05, 0) is 55.1 Å². The van der Waals surface area contributed by atoms with Crippen LogP contribution in [0, 0.1) is 13.8 Å². The van der Waals surface area contributed by atoms with E-state index in [1.165, 1.54) is 0 Å². The molecule has 0 aliphatic rings. The molecule has 0 bridgehead atoms. The van der Waals surface area contributed by atoms with Gasteiger partial charge in [-0.2, -0.15) is 0 Å². The third kappa shape index (κ3) is 2.45. The maximum absolute atomic E-state index is 6.18. The van der Waals surface area contributed by atoms with E-state index in [1.54, 1.807) is 0 Å². The van der Waals surface area contributed by atoms with E-state index in [-0.39, 0.29) is 0 Å². The lowest BCUT2D eigenvalue weighted by molar-refractivity contribution is 0.799. The molecule has 0 saturated heterocycles. The smallest absolute Gasteiger partial charge is 0.229 e. The predicted octanol–water partition coefficient (Wildman–Crippen LogP) is 4.25. The van der Waals surface area contributed by atoms with Crippen molar-refractivity contribution in [3.8, 4) is 5.69 Å². The number of hydrogen-bond acceptors (Lipinski definition) is 2. The third-order valence-corrected chi connectivity index (χ3v) is 3.55. The fourth-order valence-electron chi connectivity index (χ4n) is 2.16. The van der Waals surface area contributed by atoms with Crippen molar-refractivity contribution in [2.45, 2.75) is 33.6 Å². The SMILES string of the molecule is CCCc1nnc(Cl)n1-c1c(C)cc(Br)cc1C. The zero-order valence-electron chi connectivity index (χ0n) is 10.7. The quantitative estimate of drug-likeness (QED) is 0.843. The summed E-state index contributed by atoms with van der Waals surface area (Å²) in [5, 5.41) is 8.56. The van der Waals surface area contributed by atoms with Gasteiger partial charge in [0, 0.05) is 10.9 Å². The van der Waals surface area contributed by atoms with Crippen LogP contribution in [0.15, 0.2) is 16.6 Å². The highest BCUT2D eigenvalue weighted by Gasteiger charge is 2.15. The van der Waals surface area contributed by atoms with E-state index in [1.807, 2.05) is 4.57 Å². The molecule has 1 heterocycles. The first kappa shape index (κ1) is 13.6. The Labute approximate surface area is 120 Å². The summed E-state index contributed by atoms with van der Waals surface area (Å²) in [6, 6.07) is 4.16. The monoisotopic (exact) mass is 327 g/mol. The van der Waals surface area contributed by atoms with Gasteiger partial charge in [0.2, 0.25) is 5.28 Å². The van der Waals surface area contributed by atoms with Gasteiger partial charge in [-0.1, -0.05) is 22.9 Å². The van der Waals surface area contributed by atoms with Crippen LogP contribution >= 0.6 is 27.5 Å². The highest BCUT2D eigenvalue weighted by molar-refractivity contribution is 9.10. The molecule has 0 aliphatic heterocycles. The molecule has 0 fully saturated rings. The Bertz CT molecular complexity index is 555. The normalized spacial score (nSPS) is 10.9. The van der Waals surface area contributed by atoms with Crippen LogP contribution < -0.4 is 0 Å². The van der Waals surface area contributed by atoms with Crippen LogP contribution in [-0.2, 0) is 6.42 Å². The van der Waals surface area contributed by atoms with Gasteiger partial charge >= 0.3 is 0 Å². The molecule has 96 valence electrons. The minimum absolute atomic E-state index is 0.423. The fraction of sp³-hybridized carbons (Fsp3) is 0.385. The molecule has 0 aliphatic carbocycles. The van der Waals surface area contributed by atoms with E-state index < -0.39 is 0 Å². The van der Waals surface area contributed by atoms with Gasteiger partial charge in [0.25, 0.3) is 0 Å². The maximum atomic E-state index is 6.18. The van der Waals surface area contributed by atoms with Crippen LogP contribution in [0.1, 0.15) is 30.3 Å². The van der Waals surface area contributed by atoms with Crippen molar-refractivity contribution in [1.29, 1.82) is 0 Å². The first-order valence-corrected chi connectivity index (χ1v) is 7.08. The molecule has 0 atom stereocenters. The van der Waals surface area contributed by atoms with Crippen LogP contribution in [-0.4, -0.2) is 14.8 Å². The first-order chi connectivity index (χ1) is 8.54. The van der Waals surface area contributed by atoms with Crippen LogP contribution in [0.2, 0.25) is 5.28 Å². The van der Waals surface area contributed by atoms with Crippen LogP contribution in [0.3, 0.4) is 0 Å². The second-order valence-corrected chi connectivity index (χ2v) is 5.61. The van der Waals surface area contributed by atoms with E-state index >= 15 is 0 Å². The summed E-state index contributed by atoms with van der Waals surface area (Å²) in [4.78, 5) is 0. The highest BCUT2D eigenvalue weighted by atomic mass is 79.9. The Kier molecular flexibility index (Phi) is 4.07. The van der Waals surface area contributed by atoms with Gasteiger partial charge in [-0.25, -0.2) is 0 Å². The number of aromatic nitrogens is 3. The van der Waals surface area contributed by atoms with E-state index in [2.05, 4.69) is 59.0 Å². The Morgan fingerprint density at radius 3 is 2.39 bits per heavy atom. The van der Waals surface area contributed by atoms with Gasteiger partial charge in [0.1, 0.15) is 5.82 Å². The van der Waals surface area contributed by atoms with Crippen molar-refractivity contribution in [2.75, 3.05) is 0 Å². The second-order valence-electron chi connectivity index (χ2n) is 4.36. The summed E-state index contributed by atoms with van der Waals surface area (Å²) in [5.41, 5.74) is 3.39. The largest absolute Gasteiger partial charge is 0.269 e. The molecule has 0 N–H and O–H groups in total. The van der Waals surface area contributed by atoms with Crippen molar-refractivity contribution in [1.82, 2.24) is 14.8 Å². The molecule has 5 heteroatoms. The minimum atomic E-state index is 0.423. The van der Waals surface area contributed by atoms with Gasteiger partial charge in [-0.15, -0.1) is 10.2 Å². The van der Waals surface area contributed by atoms with Gasteiger partial charge in [-0.3, -0.25) is 4.57 Å². The summed E-state index contributed by atoms with van der Waals surface area (Å²) in [6.07, 6.45) is 1.89. The molecule has 2 aromatic rings. The number of benzene rings is 1. The summed E-state index contributed by atoms with van der Waals surface area (Å²) < 4.78 is 3.02. The molecule has 2 rings (SSSR count). The molecule has 3 nitrogen and oxygen atoms in total. The minimum Gasteiger partial charge on any atom is -0.269 e. The van der Waals surface area contributed by atoms with Crippen molar-refractivity contribution in [3.63, 3.8) is 0 Å². The molecule has 0 radical (unpaired) electrons. The fourth-order valence-corrected chi connectivity index (χ4v) is 3.06. The lowest BCUT2D eigenvalue weighted by atomic mass is 10.1. The molecule has 0 spiro atoms. The predicted molar refractivity (Wildman–Crippen MR) is 77.5 cm³/mol. The van der Waals surface area contributed by atoms with Crippen molar-refractivity contribution in [3.05, 3.63) is 38.8 Å². The zero-order chi connectivity index (χ0) is 13.3. The number of rotatable bonds is 3. The lowest BCUT2D eigenvalue weighted by Crippen LogP contribution is -2.05. The molecule has 0 saturated carbocycles. The zero-order valence-corrected chi connectivity index (χ0v) is 13.0. The van der Waals surface area contributed by atoms with Crippen molar-refractivity contribution >= 4 is 27.5 Å². The lowest BCUT2D eigenvalue weighted by Gasteiger charge is -2.14. The van der Waals surface area contributed by atoms with Gasteiger partial charge < -0.3 is 0 Å². The second kappa shape index (κ2) is 5.41. The molecule has 1 aromatic heterocycles. The van der Waals surface area contributed by atoms with E-state index in [4.69, 9.17) is 11.6 Å². The average molecular weight is 329 g/mol. The molecule has 18 heavy (non-hydrogen) atoms. The number of halogens is 2. The van der Waals surface area contributed by atoms with E-state index in [0.717, 1.165) is 40.0 Å². The highest BCUT2D eigenvalue weighted by Crippen LogP contribution is 2.27. The maximum Gasteiger partial charge on any atom is 0.229 e. The molecule has 0 amide bonds. The average Bonchev–Trinajstić information content (AvgIpc) is 2.61. The summed E-state index contributed by atoms with van der Waals surface area (Å²) >= 11 is 9.68. The molecule has 1 aromatic carbocycles.